The van der Waals surface area contributed by atoms with Crippen LogP contribution in [0.1, 0.15) is 12.0 Å². The van der Waals surface area contributed by atoms with E-state index in [1.165, 1.54) is 11.3 Å². The Labute approximate surface area is 163 Å². The monoisotopic (exact) mass is 395 g/mol. The Balaban J connectivity index is 1.98. The van der Waals surface area contributed by atoms with Gasteiger partial charge in [0.2, 0.25) is 5.91 Å². The second-order valence-electron chi connectivity index (χ2n) is 6.28. The largest absolute Gasteiger partial charge is 0.370 e. The van der Waals surface area contributed by atoms with Gasteiger partial charge in [0.1, 0.15) is 10.7 Å². The van der Waals surface area contributed by atoms with E-state index in [0.717, 1.165) is 21.6 Å². The third-order valence-electron chi connectivity index (χ3n) is 4.34. The van der Waals surface area contributed by atoms with Gasteiger partial charge in [0, 0.05) is 34.3 Å². The molecule has 0 bridgehead atoms. The number of rotatable bonds is 5. The highest BCUT2D eigenvalue weighted by atomic mass is 32.1. The van der Waals surface area contributed by atoms with Crippen molar-refractivity contribution in [2.75, 3.05) is 0 Å². The lowest BCUT2D eigenvalue weighted by Gasteiger charge is -2.13. The Morgan fingerprint density at radius 2 is 2.07 bits per heavy atom. The van der Waals surface area contributed by atoms with E-state index in [0.29, 0.717) is 16.0 Å². The van der Waals surface area contributed by atoms with Gasteiger partial charge < -0.3 is 5.73 Å². The molecule has 3 heterocycles. The van der Waals surface area contributed by atoms with Crippen molar-refractivity contribution >= 4 is 38.8 Å². The third kappa shape index (κ3) is 3.31. The molecule has 0 saturated heterocycles. The number of aryl methyl sites for hydroxylation is 1. The Morgan fingerprint density at radius 3 is 2.78 bits per heavy atom. The molecule has 4 aromatic rings. The minimum absolute atomic E-state index is 0.0877. The molecule has 27 heavy (non-hydrogen) atoms. The molecular weight excluding hydrogens is 378 g/mol. The number of nitrogens with zero attached hydrogens (tertiary/aromatic N) is 2. The summed E-state index contributed by atoms with van der Waals surface area (Å²) in [6, 6.07) is 11.8. The average Bonchev–Trinajstić information content (AvgIpc) is 3.30. The van der Waals surface area contributed by atoms with E-state index in [1.54, 1.807) is 15.9 Å². The lowest BCUT2D eigenvalue weighted by Crippen LogP contribution is -2.26. The number of carbonyl (C=O) groups excluding carboxylic acids is 1. The standard InChI is InChI=1S/C20H17N3O2S2/c1-12-4-2-5-13(10-12)18-22-19-17(20(25)23(18)8-7-16(21)24)14(11-27-19)15-6-3-9-26-15/h2-6,9-11H,7-8H2,1H3,(H2,21,24). The fourth-order valence-corrected chi connectivity index (χ4v) is 4.82. The van der Waals surface area contributed by atoms with Gasteiger partial charge in [0.15, 0.2) is 0 Å². The van der Waals surface area contributed by atoms with Crippen molar-refractivity contribution in [1.29, 1.82) is 0 Å². The number of thiophene rings is 2. The Morgan fingerprint density at radius 1 is 1.22 bits per heavy atom. The highest BCUT2D eigenvalue weighted by Gasteiger charge is 2.18. The number of carbonyl (C=O) groups is 1. The normalized spacial score (nSPS) is 11.1. The first kappa shape index (κ1) is 17.6. The molecule has 7 heteroatoms. The first-order chi connectivity index (χ1) is 13.0. The van der Waals surface area contributed by atoms with Crippen molar-refractivity contribution in [3.8, 4) is 21.8 Å². The minimum Gasteiger partial charge on any atom is -0.370 e. The molecule has 0 saturated carbocycles. The van der Waals surface area contributed by atoms with Crippen LogP contribution >= 0.6 is 22.7 Å². The highest BCUT2D eigenvalue weighted by Crippen LogP contribution is 2.34. The van der Waals surface area contributed by atoms with Crippen molar-refractivity contribution in [2.45, 2.75) is 19.9 Å². The van der Waals surface area contributed by atoms with Gasteiger partial charge in [0.05, 0.1) is 5.39 Å². The van der Waals surface area contributed by atoms with Crippen molar-refractivity contribution in [2.24, 2.45) is 5.73 Å². The fourth-order valence-electron chi connectivity index (χ4n) is 3.07. The second kappa shape index (κ2) is 7.09. The number of fused-ring (bicyclic) bond motifs is 1. The smallest absolute Gasteiger partial charge is 0.263 e. The molecule has 0 atom stereocenters. The third-order valence-corrected chi connectivity index (χ3v) is 6.11. The predicted molar refractivity (Wildman–Crippen MR) is 111 cm³/mol. The number of nitrogens with two attached hydrogens (primary N) is 1. The number of aromatic nitrogens is 2. The summed E-state index contributed by atoms with van der Waals surface area (Å²) in [5.41, 5.74) is 8.02. The summed E-state index contributed by atoms with van der Waals surface area (Å²) >= 11 is 3.05. The summed E-state index contributed by atoms with van der Waals surface area (Å²) in [7, 11) is 0. The van der Waals surface area contributed by atoms with Crippen LogP contribution in [0.3, 0.4) is 0 Å². The Bertz CT molecular complexity index is 1190. The van der Waals surface area contributed by atoms with Crippen molar-refractivity contribution < 1.29 is 4.79 Å². The molecule has 1 aromatic carbocycles. The topological polar surface area (TPSA) is 78.0 Å². The lowest BCUT2D eigenvalue weighted by atomic mass is 10.1. The molecule has 3 aromatic heterocycles. The quantitative estimate of drug-likeness (QED) is 0.554. The van der Waals surface area contributed by atoms with Gasteiger partial charge in [-0.3, -0.25) is 14.2 Å². The van der Waals surface area contributed by atoms with Crippen LogP contribution < -0.4 is 11.3 Å². The highest BCUT2D eigenvalue weighted by molar-refractivity contribution is 7.18. The lowest BCUT2D eigenvalue weighted by molar-refractivity contribution is -0.118. The van der Waals surface area contributed by atoms with Gasteiger partial charge in [-0.25, -0.2) is 4.98 Å². The van der Waals surface area contributed by atoms with Crippen LogP contribution in [0.15, 0.2) is 52.0 Å². The maximum absolute atomic E-state index is 13.4. The van der Waals surface area contributed by atoms with Crippen LogP contribution in [0.2, 0.25) is 0 Å². The molecule has 5 nitrogen and oxygen atoms in total. The van der Waals surface area contributed by atoms with E-state index in [-0.39, 0.29) is 18.5 Å². The maximum atomic E-state index is 13.4. The number of benzene rings is 1. The number of amides is 1. The summed E-state index contributed by atoms with van der Waals surface area (Å²) in [4.78, 5) is 31.2. The van der Waals surface area contributed by atoms with Gasteiger partial charge >= 0.3 is 0 Å². The van der Waals surface area contributed by atoms with Gasteiger partial charge in [-0.15, -0.1) is 22.7 Å². The van der Waals surface area contributed by atoms with E-state index >= 15 is 0 Å². The summed E-state index contributed by atoms with van der Waals surface area (Å²) in [5.74, 6) is 0.123. The molecule has 4 rings (SSSR count). The van der Waals surface area contributed by atoms with E-state index < -0.39 is 5.91 Å². The summed E-state index contributed by atoms with van der Waals surface area (Å²) in [5, 5.41) is 4.56. The van der Waals surface area contributed by atoms with E-state index in [4.69, 9.17) is 10.7 Å². The molecule has 0 fully saturated rings. The molecule has 1 amide bonds. The molecule has 0 radical (unpaired) electrons. The van der Waals surface area contributed by atoms with Crippen molar-refractivity contribution in [1.82, 2.24) is 9.55 Å². The molecule has 0 aliphatic heterocycles. The SMILES string of the molecule is Cc1cccc(-c2nc3scc(-c4cccs4)c3c(=O)n2CCC(N)=O)c1. The van der Waals surface area contributed by atoms with Gasteiger partial charge in [-0.1, -0.05) is 29.8 Å². The Hall–Kier alpha value is -2.77. The summed E-state index contributed by atoms with van der Waals surface area (Å²) in [6.07, 6.45) is 0.0877. The summed E-state index contributed by atoms with van der Waals surface area (Å²) < 4.78 is 1.58. The zero-order valence-electron chi connectivity index (χ0n) is 14.6. The van der Waals surface area contributed by atoms with Crippen LogP contribution in [0.4, 0.5) is 0 Å². The molecule has 0 unspecified atom stereocenters. The molecule has 136 valence electrons. The van der Waals surface area contributed by atoms with Gasteiger partial charge in [-0.2, -0.15) is 0 Å². The molecule has 2 N–H and O–H groups in total. The van der Waals surface area contributed by atoms with Gasteiger partial charge in [-0.05, 0) is 24.4 Å². The van der Waals surface area contributed by atoms with E-state index in [2.05, 4.69) is 0 Å². The summed E-state index contributed by atoms with van der Waals surface area (Å²) in [6.45, 7) is 2.20. The van der Waals surface area contributed by atoms with E-state index in [9.17, 15) is 9.59 Å². The molecule has 0 spiro atoms. The number of primary amides is 1. The average molecular weight is 396 g/mol. The molecule has 0 aliphatic rings. The predicted octanol–water partition coefficient (Wildman–Crippen LogP) is 4.04. The Kier molecular flexibility index (Phi) is 4.63. The van der Waals surface area contributed by atoms with Crippen LogP contribution in [0, 0.1) is 6.92 Å². The number of hydrogen-bond donors (Lipinski definition) is 1. The van der Waals surface area contributed by atoms with Crippen LogP contribution in [-0.2, 0) is 11.3 Å². The minimum atomic E-state index is -0.444. The fraction of sp³-hybridized carbons (Fsp3) is 0.150. The zero-order chi connectivity index (χ0) is 19.0. The van der Waals surface area contributed by atoms with Crippen LogP contribution in [0.25, 0.3) is 32.0 Å². The van der Waals surface area contributed by atoms with Crippen LogP contribution in [-0.4, -0.2) is 15.5 Å². The molecular formula is C20H17N3O2S2. The number of hydrogen-bond acceptors (Lipinski definition) is 5. The zero-order valence-corrected chi connectivity index (χ0v) is 16.3. The van der Waals surface area contributed by atoms with Crippen LogP contribution in [0.5, 0.6) is 0 Å². The van der Waals surface area contributed by atoms with Crippen molar-refractivity contribution in [3.05, 3.63) is 63.1 Å². The van der Waals surface area contributed by atoms with E-state index in [1.807, 2.05) is 54.1 Å². The first-order valence-corrected chi connectivity index (χ1v) is 10.2. The molecule has 0 aliphatic carbocycles. The van der Waals surface area contributed by atoms with Crippen molar-refractivity contribution in [3.63, 3.8) is 0 Å². The van der Waals surface area contributed by atoms with Gasteiger partial charge in [0.25, 0.3) is 5.56 Å². The first-order valence-electron chi connectivity index (χ1n) is 8.46. The second-order valence-corrected chi connectivity index (χ2v) is 8.09. The maximum Gasteiger partial charge on any atom is 0.263 e.